The van der Waals surface area contributed by atoms with Crippen molar-refractivity contribution in [2.24, 2.45) is 0 Å². The van der Waals surface area contributed by atoms with Gasteiger partial charge in [0, 0.05) is 10.9 Å². The molecule has 0 fully saturated rings. The van der Waals surface area contributed by atoms with Crippen molar-refractivity contribution in [2.75, 3.05) is 6.61 Å². The van der Waals surface area contributed by atoms with Gasteiger partial charge in [-0.3, -0.25) is 9.59 Å². The van der Waals surface area contributed by atoms with E-state index in [0.29, 0.717) is 24.5 Å². The van der Waals surface area contributed by atoms with E-state index in [-0.39, 0.29) is 18.3 Å². The van der Waals surface area contributed by atoms with Crippen molar-refractivity contribution in [1.29, 1.82) is 0 Å². The molecule has 0 bridgehead atoms. The summed E-state index contributed by atoms with van der Waals surface area (Å²) in [6, 6.07) is 15.8. The van der Waals surface area contributed by atoms with E-state index in [0.717, 1.165) is 11.3 Å². The lowest BCUT2D eigenvalue weighted by atomic mass is 10.0. The molecule has 0 aliphatic rings. The average Bonchev–Trinajstić information content (AvgIpc) is 3.26. The second-order valence-corrected chi connectivity index (χ2v) is 6.96. The Labute approximate surface area is 173 Å². The van der Waals surface area contributed by atoms with Gasteiger partial charge < -0.3 is 14.8 Å². The number of esters is 1. The van der Waals surface area contributed by atoms with Crippen LogP contribution < -0.4 is 10.1 Å². The first-order valence-corrected chi connectivity index (χ1v) is 10.2. The van der Waals surface area contributed by atoms with Crippen LogP contribution >= 0.6 is 11.3 Å². The molecule has 0 radical (unpaired) electrons. The van der Waals surface area contributed by atoms with Crippen molar-refractivity contribution in [3.63, 3.8) is 0 Å². The van der Waals surface area contributed by atoms with Gasteiger partial charge in [0.2, 0.25) is 0 Å². The van der Waals surface area contributed by atoms with E-state index in [1.807, 2.05) is 35.7 Å². The van der Waals surface area contributed by atoms with Crippen LogP contribution in [0.4, 0.5) is 0 Å². The lowest BCUT2D eigenvalue weighted by Crippen LogP contribution is -2.30. The monoisotopic (exact) mass is 410 g/mol. The fraction of sp³-hybridized carbons (Fsp3) is 0.227. The van der Waals surface area contributed by atoms with Crippen LogP contribution in [0.25, 0.3) is 0 Å². The fourth-order valence-corrected chi connectivity index (χ4v) is 3.30. The number of ether oxygens (including phenoxy) is 2. The summed E-state index contributed by atoms with van der Waals surface area (Å²) in [4.78, 5) is 29.0. The highest BCUT2D eigenvalue weighted by atomic mass is 32.1. The van der Waals surface area contributed by atoms with Crippen molar-refractivity contribution in [1.82, 2.24) is 10.3 Å². The normalized spacial score (nSPS) is 11.5. The van der Waals surface area contributed by atoms with Crippen molar-refractivity contribution in [2.45, 2.75) is 26.0 Å². The number of carbonyl (C=O) groups excluding carboxylic acids is 2. The number of thiazole rings is 1. The second-order valence-electron chi connectivity index (χ2n) is 6.24. The molecule has 1 N–H and O–H groups in total. The lowest BCUT2D eigenvalue weighted by molar-refractivity contribution is -0.143. The summed E-state index contributed by atoms with van der Waals surface area (Å²) in [5.74, 6) is -0.0726. The van der Waals surface area contributed by atoms with Crippen LogP contribution in [-0.2, 0) is 16.1 Å². The van der Waals surface area contributed by atoms with E-state index in [2.05, 4.69) is 10.3 Å². The molecule has 29 heavy (non-hydrogen) atoms. The summed E-state index contributed by atoms with van der Waals surface area (Å²) < 4.78 is 10.8. The Kier molecular flexibility index (Phi) is 7.35. The Bertz CT molecular complexity index is 929. The number of aromatic nitrogens is 1. The zero-order chi connectivity index (χ0) is 20.5. The van der Waals surface area contributed by atoms with E-state index in [1.165, 1.54) is 11.3 Å². The number of nitrogens with one attached hydrogen (secondary N) is 1. The Hall–Kier alpha value is -3.19. The topological polar surface area (TPSA) is 77.5 Å². The highest BCUT2D eigenvalue weighted by Crippen LogP contribution is 2.20. The Morgan fingerprint density at radius 1 is 1.14 bits per heavy atom. The van der Waals surface area contributed by atoms with Gasteiger partial charge in [-0.1, -0.05) is 36.4 Å². The van der Waals surface area contributed by atoms with Crippen LogP contribution in [0, 0.1) is 0 Å². The van der Waals surface area contributed by atoms with Gasteiger partial charge in [0.1, 0.15) is 12.4 Å². The predicted molar refractivity (Wildman–Crippen MR) is 111 cm³/mol. The van der Waals surface area contributed by atoms with Crippen molar-refractivity contribution >= 4 is 23.2 Å². The van der Waals surface area contributed by atoms with Crippen molar-refractivity contribution in [3.05, 3.63) is 82.3 Å². The molecule has 150 valence electrons. The molecule has 1 aromatic heterocycles. The highest BCUT2D eigenvalue weighted by Gasteiger charge is 2.20. The van der Waals surface area contributed by atoms with Gasteiger partial charge in [-0.2, -0.15) is 0 Å². The van der Waals surface area contributed by atoms with Gasteiger partial charge in [0.25, 0.3) is 5.91 Å². The van der Waals surface area contributed by atoms with Crippen LogP contribution in [0.5, 0.6) is 5.75 Å². The summed E-state index contributed by atoms with van der Waals surface area (Å²) in [6.45, 7) is 2.39. The minimum absolute atomic E-state index is 0.0591. The van der Waals surface area contributed by atoms with E-state index >= 15 is 0 Å². The molecule has 1 heterocycles. The molecule has 1 atom stereocenters. The number of amides is 1. The molecule has 0 aliphatic carbocycles. The van der Waals surface area contributed by atoms with Crippen molar-refractivity contribution in [3.8, 4) is 5.75 Å². The quantitative estimate of drug-likeness (QED) is 0.536. The minimum atomic E-state index is -0.484. The van der Waals surface area contributed by atoms with Crippen LogP contribution in [-0.4, -0.2) is 23.5 Å². The summed E-state index contributed by atoms with van der Waals surface area (Å²) in [5.41, 5.74) is 3.87. The van der Waals surface area contributed by atoms with Gasteiger partial charge in [0.05, 0.1) is 30.3 Å². The lowest BCUT2D eigenvalue weighted by Gasteiger charge is -2.19. The largest absolute Gasteiger partial charge is 0.487 e. The third kappa shape index (κ3) is 6.15. The van der Waals surface area contributed by atoms with Gasteiger partial charge in [-0.15, -0.1) is 11.3 Å². The standard InChI is InChI=1S/C22H22N2O4S/c1-2-27-21(25)12-20(16-7-4-3-5-8-16)24-22(26)17-9-6-10-19(11-17)28-13-18-14-29-15-23-18/h3-11,14-15,20H,2,12-13H2,1H3,(H,24,26). The zero-order valence-electron chi connectivity index (χ0n) is 16.0. The zero-order valence-corrected chi connectivity index (χ0v) is 16.9. The predicted octanol–water partition coefficient (Wildman–Crippen LogP) is 4.15. The average molecular weight is 410 g/mol. The third-order valence-corrected chi connectivity index (χ3v) is 4.79. The molecule has 6 nitrogen and oxygen atoms in total. The Morgan fingerprint density at radius 2 is 1.97 bits per heavy atom. The minimum Gasteiger partial charge on any atom is -0.487 e. The van der Waals surface area contributed by atoms with Crippen LogP contribution in [0.3, 0.4) is 0 Å². The summed E-state index contributed by atoms with van der Waals surface area (Å²) in [7, 11) is 0. The fourth-order valence-electron chi connectivity index (χ4n) is 2.76. The first kappa shape index (κ1) is 20.5. The number of hydrogen-bond donors (Lipinski definition) is 1. The maximum absolute atomic E-state index is 12.8. The number of rotatable bonds is 9. The number of benzene rings is 2. The van der Waals surface area contributed by atoms with Gasteiger partial charge in [0.15, 0.2) is 0 Å². The third-order valence-electron chi connectivity index (χ3n) is 4.15. The van der Waals surface area contributed by atoms with E-state index < -0.39 is 6.04 Å². The van der Waals surface area contributed by atoms with Gasteiger partial charge >= 0.3 is 5.97 Å². The molecule has 0 saturated carbocycles. The summed E-state index contributed by atoms with van der Waals surface area (Å²) >= 11 is 1.50. The maximum atomic E-state index is 12.8. The molecule has 7 heteroatoms. The molecule has 3 rings (SSSR count). The highest BCUT2D eigenvalue weighted by molar-refractivity contribution is 7.07. The van der Waals surface area contributed by atoms with Gasteiger partial charge in [-0.25, -0.2) is 4.98 Å². The van der Waals surface area contributed by atoms with Gasteiger partial charge in [-0.05, 0) is 30.7 Å². The summed E-state index contributed by atoms with van der Waals surface area (Å²) in [6.07, 6.45) is 0.0591. The number of nitrogens with zero attached hydrogens (tertiary/aromatic N) is 1. The molecule has 2 aromatic carbocycles. The van der Waals surface area contributed by atoms with Crippen LogP contribution in [0.15, 0.2) is 65.5 Å². The molecule has 0 spiro atoms. The van der Waals surface area contributed by atoms with Crippen LogP contribution in [0.1, 0.15) is 41.0 Å². The molecular weight excluding hydrogens is 388 g/mol. The number of carbonyl (C=O) groups is 2. The first-order valence-electron chi connectivity index (χ1n) is 9.27. The number of hydrogen-bond acceptors (Lipinski definition) is 6. The molecule has 3 aromatic rings. The Balaban J connectivity index is 1.70. The second kappa shape index (κ2) is 10.4. The molecule has 1 amide bonds. The maximum Gasteiger partial charge on any atom is 0.308 e. The summed E-state index contributed by atoms with van der Waals surface area (Å²) in [5, 5.41) is 4.84. The first-order chi connectivity index (χ1) is 14.2. The van der Waals surface area contributed by atoms with E-state index in [1.54, 1.807) is 36.7 Å². The smallest absolute Gasteiger partial charge is 0.308 e. The van der Waals surface area contributed by atoms with Crippen LogP contribution in [0.2, 0.25) is 0 Å². The molecule has 0 aliphatic heterocycles. The van der Waals surface area contributed by atoms with E-state index in [9.17, 15) is 9.59 Å². The SMILES string of the molecule is CCOC(=O)CC(NC(=O)c1cccc(OCc2cscn2)c1)c1ccccc1. The molecule has 1 unspecified atom stereocenters. The van der Waals surface area contributed by atoms with Crippen molar-refractivity contribution < 1.29 is 19.1 Å². The molecular formula is C22H22N2O4S. The van der Waals surface area contributed by atoms with E-state index in [4.69, 9.17) is 9.47 Å². The molecule has 0 saturated heterocycles. The Morgan fingerprint density at radius 3 is 2.69 bits per heavy atom.